The quantitative estimate of drug-likeness (QED) is 0.363. The molecule has 1 aliphatic heterocycles. The summed E-state index contributed by atoms with van der Waals surface area (Å²) in [5.41, 5.74) is 9.94. The van der Waals surface area contributed by atoms with Gasteiger partial charge in [0.05, 0.1) is 22.4 Å². The van der Waals surface area contributed by atoms with Crippen LogP contribution in [0.2, 0.25) is 0 Å². The number of nitrogens with one attached hydrogen (secondary N) is 1. The number of aryl methyl sites for hydroxylation is 2. The van der Waals surface area contributed by atoms with Gasteiger partial charge in [-0.15, -0.1) is 5.10 Å². The number of aromatic amines is 1. The monoisotopic (exact) mass is 512 g/mol. The Morgan fingerprint density at radius 2 is 1.89 bits per heavy atom. The molecule has 10 heteroatoms. The molecule has 1 saturated heterocycles. The maximum atomic E-state index is 5.24. The molecule has 0 aliphatic carbocycles. The zero-order valence-electron chi connectivity index (χ0n) is 23.1. The molecular formula is C28H36N10. The van der Waals surface area contributed by atoms with Gasteiger partial charge in [-0.05, 0) is 62.9 Å². The zero-order valence-corrected chi connectivity index (χ0v) is 23.1. The van der Waals surface area contributed by atoms with Crippen molar-refractivity contribution in [1.82, 2.24) is 44.5 Å². The highest BCUT2D eigenvalue weighted by atomic mass is 15.4. The molecule has 0 atom stereocenters. The predicted octanol–water partition coefficient (Wildman–Crippen LogP) is 4.24. The van der Waals surface area contributed by atoms with Crippen molar-refractivity contribution in [2.24, 2.45) is 7.05 Å². The highest BCUT2D eigenvalue weighted by Crippen LogP contribution is 2.38. The number of rotatable bonds is 6. The molecule has 6 heterocycles. The molecule has 0 aromatic carbocycles. The molecule has 0 radical (unpaired) electrons. The molecule has 5 aromatic heterocycles. The fraction of sp³-hybridized carbons (Fsp3) is 0.464. The molecule has 6 rings (SSSR count). The largest absolute Gasteiger partial charge is 0.356 e. The SMILES string of the molecule is Cc1c(-c2[nH]c3ccc(N4CCC(N(C)Cc5cn(C)nn5)CC4)nc3c2C(C)C)cn2ncnc2c1C. The fourth-order valence-electron chi connectivity index (χ4n) is 5.87. The van der Waals surface area contributed by atoms with E-state index in [0.717, 1.165) is 77.5 Å². The number of H-pyrrole nitrogens is 1. The maximum absolute atomic E-state index is 5.24. The smallest absolute Gasteiger partial charge is 0.158 e. The molecule has 0 bridgehead atoms. The zero-order chi connectivity index (χ0) is 26.6. The van der Waals surface area contributed by atoms with E-state index in [2.05, 4.69) is 88.3 Å². The maximum Gasteiger partial charge on any atom is 0.158 e. The van der Waals surface area contributed by atoms with Gasteiger partial charge in [0.1, 0.15) is 12.1 Å². The summed E-state index contributed by atoms with van der Waals surface area (Å²) in [7, 11) is 4.10. The first-order valence-corrected chi connectivity index (χ1v) is 13.4. The van der Waals surface area contributed by atoms with E-state index in [1.807, 2.05) is 17.8 Å². The lowest BCUT2D eigenvalue weighted by Crippen LogP contribution is -2.43. The average Bonchev–Trinajstić information content (AvgIpc) is 3.64. The van der Waals surface area contributed by atoms with Gasteiger partial charge < -0.3 is 9.88 Å². The number of hydrogen-bond donors (Lipinski definition) is 1. The summed E-state index contributed by atoms with van der Waals surface area (Å²) >= 11 is 0. The van der Waals surface area contributed by atoms with Crippen LogP contribution in [0.15, 0.2) is 30.9 Å². The first-order valence-electron chi connectivity index (χ1n) is 13.4. The second kappa shape index (κ2) is 9.50. The Kier molecular flexibility index (Phi) is 6.14. The van der Waals surface area contributed by atoms with E-state index in [0.29, 0.717) is 12.0 Å². The van der Waals surface area contributed by atoms with Gasteiger partial charge in [-0.25, -0.2) is 14.5 Å². The Balaban J connectivity index is 1.27. The molecule has 0 unspecified atom stereocenters. The van der Waals surface area contributed by atoms with Crippen LogP contribution in [-0.4, -0.2) is 70.6 Å². The highest BCUT2D eigenvalue weighted by Gasteiger charge is 2.26. The lowest BCUT2D eigenvalue weighted by Gasteiger charge is -2.37. The summed E-state index contributed by atoms with van der Waals surface area (Å²) in [6.07, 6.45) is 7.90. The van der Waals surface area contributed by atoms with Gasteiger partial charge in [0.2, 0.25) is 0 Å². The van der Waals surface area contributed by atoms with Crippen molar-refractivity contribution in [2.45, 2.75) is 59.0 Å². The molecule has 198 valence electrons. The number of piperidine rings is 1. The van der Waals surface area contributed by atoms with E-state index in [1.54, 1.807) is 11.0 Å². The Labute approximate surface area is 222 Å². The molecule has 0 spiro atoms. The van der Waals surface area contributed by atoms with Crippen molar-refractivity contribution in [1.29, 1.82) is 0 Å². The third kappa shape index (κ3) is 4.22. The van der Waals surface area contributed by atoms with Gasteiger partial charge in [0, 0.05) is 56.2 Å². The van der Waals surface area contributed by atoms with Crippen molar-refractivity contribution in [2.75, 3.05) is 25.0 Å². The van der Waals surface area contributed by atoms with E-state index in [-0.39, 0.29) is 0 Å². The summed E-state index contributed by atoms with van der Waals surface area (Å²) in [4.78, 5) is 18.2. The van der Waals surface area contributed by atoms with E-state index >= 15 is 0 Å². The van der Waals surface area contributed by atoms with Crippen LogP contribution in [0.1, 0.15) is 55.0 Å². The number of nitrogens with zero attached hydrogens (tertiary/aromatic N) is 9. The molecule has 10 nitrogen and oxygen atoms in total. The molecule has 38 heavy (non-hydrogen) atoms. The number of pyridine rings is 2. The number of hydrogen-bond acceptors (Lipinski definition) is 7. The summed E-state index contributed by atoms with van der Waals surface area (Å²) in [6, 6.07) is 4.88. The minimum Gasteiger partial charge on any atom is -0.356 e. The first-order chi connectivity index (χ1) is 18.3. The number of aromatic nitrogens is 8. The van der Waals surface area contributed by atoms with E-state index in [1.165, 1.54) is 11.1 Å². The lowest BCUT2D eigenvalue weighted by molar-refractivity contribution is 0.198. The van der Waals surface area contributed by atoms with Gasteiger partial charge in [-0.2, -0.15) is 5.10 Å². The topological polar surface area (TPSA) is 96.1 Å². The van der Waals surface area contributed by atoms with E-state index < -0.39 is 0 Å². The minimum absolute atomic E-state index is 0.313. The van der Waals surface area contributed by atoms with Crippen molar-refractivity contribution >= 4 is 22.5 Å². The van der Waals surface area contributed by atoms with Crippen LogP contribution >= 0.6 is 0 Å². The van der Waals surface area contributed by atoms with E-state index in [9.17, 15) is 0 Å². The molecule has 1 fully saturated rings. The van der Waals surface area contributed by atoms with Gasteiger partial charge in [0.15, 0.2) is 5.65 Å². The Bertz CT molecular complexity index is 1600. The van der Waals surface area contributed by atoms with Crippen LogP contribution in [0.5, 0.6) is 0 Å². The minimum atomic E-state index is 0.313. The summed E-state index contributed by atoms with van der Waals surface area (Å²) in [6.45, 7) is 11.6. The van der Waals surface area contributed by atoms with Crippen LogP contribution in [0.4, 0.5) is 5.82 Å². The lowest BCUT2D eigenvalue weighted by atomic mass is 9.95. The molecule has 0 saturated carbocycles. The standard InChI is InChI=1S/C28H36N10/c1-17(2)25-26(22-15-38-28(29-16-30-38)19(4)18(22)3)31-23-7-8-24(32-27(23)25)37-11-9-21(10-12-37)35(5)13-20-14-36(6)34-33-20/h7-8,14-17,21,31H,9-13H2,1-6H3. The summed E-state index contributed by atoms with van der Waals surface area (Å²) < 4.78 is 3.64. The number of anilines is 1. The molecule has 1 N–H and O–H groups in total. The van der Waals surface area contributed by atoms with Gasteiger partial charge in [0.25, 0.3) is 0 Å². The molecular weight excluding hydrogens is 476 g/mol. The second-order valence-electron chi connectivity index (χ2n) is 11.0. The van der Waals surface area contributed by atoms with E-state index in [4.69, 9.17) is 4.98 Å². The summed E-state index contributed by atoms with van der Waals surface area (Å²) in [5, 5.41) is 12.7. The average molecular weight is 513 g/mol. The fourth-order valence-corrected chi connectivity index (χ4v) is 5.87. The van der Waals surface area contributed by atoms with Crippen LogP contribution in [-0.2, 0) is 13.6 Å². The Hall–Kier alpha value is -3.79. The van der Waals surface area contributed by atoms with Crippen LogP contribution in [0.3, 0.4) is 0 Å². The Morgan fingerprint density at radius 1 is 1.11 bits per heavy atom. The van der Waals surface area contributed by atoms with Crippen LogP contribution < -0.4 is 4.90 Å². The van der Waals surface area contributed by atoms with Gasteiger partial charge >= 0.3 is 0 Å². The number of fused-ring (bicyclic) bond motifs is 2. The van der Waals surface area contributed by atoms with Crippen molar-refractivity contribution in [3.8, 4) is 11.3 Å². The van der Waals surface area contributed by atoms with Gasteiger partial charge in [-0.1, -0.05) is 19.1 Å². The first kappa shape index (κ1) is 24.5. The van der Waals surface area contributed by atoms with Crippen molar-refractivity contribution < 1.29 is 0 Å². The second-order valence-corrected chi connectivity index (χ2v) is 11.0. The summed E-state index contributed by atoms with van der Waals surface area (Å²) in [5.74, 6) is 1.37. The predicted molar refractivity (Wildman–Crippen MR) is 149 cm³/mol. The van der Waals surface area contributed by atoms with Gasteiger partial charge in [-0.3, -0.25) is 9.58 Å². The normalized spacial score (nSPS) is 15.1. The molecule has 5 aromatic rings. The van der Waals surface area contributed by atoms with Crippen LogP contribution in [0.25, 0.3) is 27.9 Å². The highest BCUT2D eigenvalue weighted by molar-refractivity contribution is 5.90. The third-order valence-electron chi connectivity index (χ3n) is 8.11. The van der Waals surface area contributed by atoms with Crippen molar-refractivity contribution in [3.63, 3.8) is 0 Å². The Morgan fingerprint density at radius 3 is 2.61 bits per heavy atom. The molecule has 0 amide bonds. The van der Waals surface area contributed by atoms with Crippen LogP contribution in [0, 0.1) is 13.8 Å². The molecule has 1 aliphatic rings. The van der Waals surface area contributed by atoms with Crippen molar-refractivity contribution in [3.05, 3.63) is 53.2 Å². The third-order valence-corrected chi connectivity index (χ3v) is 8.11.